The van der Waals surface area contributed by atoms with Gasteiger partial charge in [-0.1, -0.05) is 26.0 Å². The van der Waals surface area contributed by atoms with Crippen molar-refractivity contribution in [3.8, 4) is 0 Å². The molecule has 0 aliphatic rings. The molecule has 0 radical (unpaired) electrons. The molecule has 0 saturated carbocycles. The Bertz CT molecular complexity index is 690. The molecule has 1 heterocycles. The van der Waals surface area contributed by atoms with E-state index in [1.54, 1.807) is 24.3 Å². The maximum absolute atomic E-state index is 12.3. The minimum atomic E-state index is -0.377. The number of primary amides is 1. The highest BCUT2D eigenvalue weighted by molar-refractivity contribution is 7.14. The van der Waals surface area contributed by atoms with Crippen molar-refractivity contribution in [3.05, 3.63) is 45.4 Å². The average Bonchev–Trinajstić information content (AvgIpc) is 2.83. The number of benzene rings is 1. The molecule has 1 aromatic carbocycles. The number of hydrogen-bond donors (Lipinski definition) is 2. The number of anilines is 1. The first-order valence-corrected chi connectivity index (χ1v) is 7.84. The zero-order chi connectivity index (χ0) is 16.3. The molecule has 1 aromatic heterocycles. The third-order valence-electron chi connectivity index (χ3n) is 3.10. The number of thiazole rings is 1. The van der Waals surface area contributed by atoms with Crippen LogP contribution in [0.1, 0.15) is 45.7 Å². The summed E-state index contributed by atoms with van der Waals surface area (Å²) >= 11 is 1.42. The Kier molecular flexibility index (Phi) is 4.92. The summed E-state index contributed by atoms with van der Waals surface area (Å²) in [6.07, 6.45) is 0.194. The van der Waals surface area contributed by atoms with Crippen molar-refractivity contribution in [1.82, 2.24) is 4.98 Å². The summed E-state index contributed by atoms with van der Waals surface area (Å²) in [5, 5.41) is 3.80. The molecule has 0 aliphatic carbocycles. The average molecular weight is 317 g/mol. The van der Waals surface area contributed by atoms with Crippen LogP contribution >= 0.6 is 11.3 Å². The third kappa shape index (κ3) is 3.92. The third-order valence-corrected chi connectivity index (χ3v) is 4.56. The zero-order valence-corrected chi connectivity index (χ0v) is 13.7. The molecule has 2 amide bonds. The number of aryl methyl sites for hydroxylation is 1. The Morgan fingerprint density at radius 3 is 2.41 bits per heavy atom. The van der Waals surface area contributed by atoms with Crippen LogP contribution in [0.5, 0.6) is 0 Å². The minimum Gasteiger partial charge on any atom is -0.369 e. The lowest BCUT2D eigenvalue weighted by atomic mass is 10.1. The second kappa shape index (κ2) is 6.70. The summed E-state index contributed by atoms with van der Waals surface area (Å²) in [7, 11) is 0. The van der Waals surface area contributed by atoms with Gasteiger partial charge < -0.3 is 11.1 Å². The molecule has 6 heteroatoms. The molecule has 0 atom stereocenters. The van der Waals surface area contributed by atoms with Gasteiger partial charge in [0.05, 0.1) is 17.1 Å². The van der Waals surface area contributed by atoms with E-state index >= 15 is 0 Å². The number of aromatic nitrogens is 1. The van der Waals surface area contributed by atoms with Gasteiger partial charge in [-0.25, -0.2) is 4.98 Å². The molecule has 22 heavy (non-hydrogen) atoms. The summed E-state index contributed by atoms with van der Waals surface area (Å²) in [5.41, 5.74) is 7.39. The van der Waals surface area contributed by atoms with E-state index in [0.717, 1.165) is 16.3 Å². The van der Waals surface area contributed by atoms with Crippen molar-refractivity contribution < 1.29 is 9.59 Å². The fourth-order valence-electron chi connectivity index (χ4n) is 1.97. The molecule has 2 aromatic rings. The molecule has 3 N–H and O–H groups in total. The van der Waals surface area contributed by atoms with Crippen LogP contribution in [-0.4, -0.2) is 16.8 Å². The first-order valence-electron chi connectivity index (χ1n) is 7.02. The number of amides is 2. The van der Waals surface area contributed by atoms with Crippen LogP contribution in [0.4, 0.5) is 5.69 Å². The fraction of sp³-hybridized carbons (Fsp3) is 0.312. The monoisotopic (exact) mass is 317 g/mol. The van der Waals surface area contributed by atoms with Gasteiger partial charge in [-0.3, -0.25) is 9.59 Å². The molecular weight excluding hydrogens is 298 g/mol. The first kappa shape index (κ1) is 16.2. The van der Waals surface area contributed by atoms with Crippen LogP contribution in [-0.2, 0) is 11.2 Å². The van der Waals surface area contributed by atoms with E-state index < -0.39 is 0 Å². The van der Waals surface area contributed by atoms with Gasteiger partial charge >= 0.3 is 0 Å². The highest BCUT2D eigenvalue weighted by Gasteiger charge is 2.16. The van der Waals surface area contributed by atoms with E-state index in [2.05, 4.69) is 24.1 Å². The van der Waals surface area contributed by atoms with Crippen LogP contribution in [0.3, 0.4) is 0 Å². The molecular formula is C16H19N3O2S. The largest absolute Gasteiger partial charge is 0.369 e. The van der Waals surface area contributed by atoms with Gasteiger partial charge in [0.25, 0.3) is 5.91 Å². The number of rotatable bonds is 5. The van der Waals surface area contributed by atoms with Crippen LogP contribution < -0.4 is 11.1 Å². The maximum Gasteiger partial charge on any atom is 0.267 e. The topological polar surface area (TPSA) is 85.1 Å². The lowest BCUT2D eigenvalue weighted by Crippen LogP contribution is -2.14. The lowest BCUT2D eigenvalue weighted by molar-refractivity contribution is -0.117. The standard InChI is InChI=1S/C16H19N3O2S/c1-9(2)16-18-10(3)14(22-16)15(21)19-12-6-4-11(5-7-12)8-13(17)20/h4-7,9H,8H2,1-3H3,(H2,17,20)(H,19,21). The molecule has 0 spiro atoms. The van der Waals surface area contributed by atoms with E-state index in [1.165, 1.54) is 11.3 Å². The Morgan fingerprint density at radius 1 is 1.27 bits per heavy atom. The number of nitrogens with two attached hydrogens (primary N) is 1. The second-order valence-corrected chi connectivity index (χ2v) is 6.45. The van der Waals surface area contributed by atoms with Gasteiger partial charge in [0.15, 0.2) is 0 Å². The summed E-state index contributed by atoms with van der Waals surface area (Å²) in [4.78, 5) is 28.2. The molecule has 2 rings (SSSR count). The van der Waals surface area contributed by atoms with Gasteiger partial charge in [-0.15, -0.1) is 11.3 Å². The van der Waals surface area contributed by atoms with Crippen molar-refractivity contribution in [2.24, 2.45) is 5.73 Å². The highest BCUT2D eigenvalue weighted by Crippen LogP contribution is 2.25. The molecule has 0 bridgehead atoms. The highest BCUT2D eigenvalue weighted by atomic mass is 32.1. The van der Waals surface area contributed by atoms with E-state index in [0.29, 0.717) is 16.5 Å². The second-order valence-electron chi connectivity index (χ2n) is 5.42. The van der Waals surface area contributed by atoms with Gasteiger partial charge in [0.1, 0.15) is 4.88 Å². The summed E-state index contributed by atoms with van der Waals surface area (Å²) in [5.74, 6) is -0.235. The summed E-state index contributed by atoms with van der Waals surface area (Å²) < 4.78 is 0. The normalized spacial score (nSPS) is 10.7. The fourth-order valence-corrected chi connectivity index (χ4v) is 2.93. The van der Waals surface area contributed by atoms with Crippen molar-refractivity contribution in [2.45, 2.75) is 33.1 Å². The quantitative estimate of drug-likeness (QED) is 0.889. The van der Waals surface area contributed by atoms with Crippen LogP contribution in [0.2, 0.25) is 0 Å². The van der Waals surface area contributed by atoms with Crippen molar-refractivity contribution >= 4 is 28.8 Å². The number of carbonyl (C=O) groups is 2. The van der Waals surface area contributed by atoms with Crippen LogP contribution in [0.25, 0.3) is 0 Å². The summed E-state index contributed by atoms with van der Waals surface area (Å²) in [6, 6.07) is 7.07. The predicted molar refractivity (Wildman–Crippen MR) is 88.2 cm³/mol. The molecule has 5 nitrogen and oxygen atoms in total. The zero-order valence-electron chi connectivity index (χ0n) is 12.8. The number of nitrogens with zero attached hydrogens (tertiary/aromatic N) is 1. The van der Waals surface area contributed by atoms with Crippen molar-refractivity contribution in [1.29, 1.82) is 0 Å². The molecule has 116 valence electrons. The Labute approximate surface area is 133 Å². The molecule has 0 fully saturated rings. The van der Waals surface area contributed by atoms with E-state index in [-0.39, 0.29) is 18.2 Å². The summed E-state index contributed by atoms with van der Waals surface area (Å²) in [6.45, 7) is 5.95. The molecule has 0 aliphatic heterocycles. The Morgan fingerprint density at radius 2 is 1.91 bits per heavy atom. The van der Waals surface area contributed by atoms with Crippen LogP contribution in [0, 0.1) is 6.92 Å². The maximum atomic E-state index is 12.3. The first-order chi connectivity index (χ1) is 10.4. The molecule has 0 unspecified atom stereocenters. The minimum absolute atomic E-state index is 0.162. The van der Waals surface area contributed by atoms with E-state index in [1.807, 2.05) is 6.92 Å². The SMILES string of the molecule is Cc1nc(C(C)C)sc1C(=O)Nc1ccc(CC(N)=O)cc1. The van der Waals surface area contributed by atoms with E-state index in [4.69, 9.17) is 5.73 Å². The Balaban J connectivity index is 2.10. The van der Waals surface area contributed by atoms with Crippen molar-refractivity contribution in [2.75, 3.05) is 5.32 Å². The Hall–Kier alpha value is -2.21. The number of nitrogens with one attached hydrogen (secondary N) is 1. The van der Waals surface area contributed by atoms with Gasteiger partial charge in [-0.2, -0.15) is 0 Å². The number of hydrogen-bond acceptors (Lipinski definition) is 4. The van der Waals surface area contributed by atoms with E-state index in [9.17, 15) is 9.59 Å². The van der Waals surface area contributed by atoms with Gasteiger partial charge in [-0.05, 0) is 24.6 Å². The van der Waals surface area contributed by atoms with Gasteiger partial charge in [0.2, 0.25) is 5.91 Å². The molecule has 0 saturated heterocycles. The number of carbonyl (C=O) groups excluding carboxylic acids is 2. The van der Waals surface area contributed by atoms with Crippen molar-refractivity contribution in [3.63, 3.8) is 0 Å². The lowest BCUT2D eigenvalue weighted by Gasteiger charge is -2.05. The predicted octanol–water partition coefficient (Wildman–Crippen LogP) is 2.86. The smallest absolute Gasteiger partial charge is 0.267 e. The van der Waals surface area contributed by atoms with Crippen LogP contribution in [0.15, 0.2) is 24.3 Å². The van der Waals surface area contributed by atoms with Gasteiger partial charge in [0, 0.05) is 11.6 Å².